The molecule has 1 heterocycles. The van der Waals surface area contributed by atoms with E-state index in [4.69, 9.17) is 4.74 Å². The smallest absolute Gasteiger partial charge is 0.367 e. The Hall–Kier alpha value is -1.57. The number of rotatable bonds is 3. The fraction of sp³-hybridized carbons (Fsp3) is 0.231. The molecule has 0 fully saturated rings. The van der Waals surface area contributed by atoms with E-state index >= 15 is 0 Å². The molecule has 0 atom stereocenters. The predicted molar refractivity (Wildman–Crippen MR) is 79.2 cm³/mol. The number of ether oxygens (including phenoxy) is 1. The predicted octanol–water partition coefficient (Wildman–Crippen LogP) is 2.71. The minimum atomic E-state index is -0.474. The standard InChI is InChI=1S/C13H12INO4/c1-3-18-11-6-8(5-10(14)12(11)16)4-9-7(2)15-19-13(9)17/h4-6,16H,3H2,1-2H3/b9-4-. The average molecular weight is 373 g/mol. The van der Waals surface area contributed by atoms with Crippen molar-refractivity contribution in [1.29, 1.82) is 0 Å². The Labute approximate surface area is 124 Å². The van der Waals surface area contributed by atoms with Gasteiger partial charge in [0.1, 0.15) is 0 Å². The number of halogens is 1. The van der Waals surface area contributed by atoms with Gasteiger partial charge >= 0.3 is 5.97 Å². The summed E-state index contributed by atoms with van der Waals surface area (Å²) in [7, 11) is 0. The van der Waals surface area contributed by atoms with Crippen LogP contribution in [0.1, 0.15) is 19.4 Å². The van der Waals surface area contributed by atoms with Crippen molar-refractivity contribution in [2.75, 3.05) is 6.61 Å². The van der Waals surface area contributed by atoms with Crippen LogP contribution in [0.4, 0.5) is 0 Å². The monoisotopic (exact) mass is 373 g/mol. The second kappa shape index (κ2) is 5.60. The first-order valence-electron chi connectivity index (χ1n) is 5.66. The van der Waals surface area contributed by atoms with E-state index in [-0.39, 0.29) is 5.75 Å². The van der Waals surface area contributed by atoms with E-state index < -0.39 is 5.97 Å². The SMILES string of the molecule is CCOc1cc(/C=C2\C(=O)ON=C2C)cc(I)c1O. The van der Waals surface area contributed by atoms with Crippen LogP contribution in [0.5, 0.6) is 11.5 Å². The lowest BCUT2D eigenvalue weighted by atomic mass is 10.1. The van der Waals surface area contributed by atoms with Crippen LogP contribution >= 0.6 is 22.6 Å². The van der Waals surface area contributed by atoms with Gasteiger partial charge in [-0.1, -0.05) is 5.16 Å². The van der Waals surface area contributed by atoms with Crippen LogP contribution in [-0.2, 0) is 9.63 Å². The Morgan fingerprint density at radius 1 is 1.53 bits per heavy atom. The molecule has 1 aromatic carbocycles. The fourth-order valence-electron chi connectivity index (χ4n) is 1.63. The van der Waals surface area contributed by atoms with E-state index in [1.165, 1.54) is 0 Å². The maximum Gasteiger partial charge on any atom is 0.367 e. The maximum absolute atomic E-state index is 11.5. The molecule has 2 rings (SSSR count). The van der Waals surface area contributed by atoms with Gasteiger partial charge < -0.3 is 14.7 Å². The summed E-state index contributed by atoms with van der Waals surface area (Å²) in [5.41, 5.74) is 1.68. The maximum atomic E-state index is 11.5. The summed E-state index contributed by atoms with van der Waals surface area (Å²) in [6, 6.07) is 3.43. The quantitative estimate of drug-likeness (QED) is 0.503. The summed E-state index contributed by atoms with van der Waals surface area (Å²) in [6.45, 7) is 3.99. The largest absolute Gasteiger partial charge is 0.504 e. The van der Waals surface area contributed by atoms with Gasteiger partial charge in [0.15, 0.2) is 11.5 Å². The molecular weight excluding hydrogens is 361 g/mol. The van der Waals surface area contributed by atoms with Gasteiger partial charge in [0.05, 0.1) is 21.5 Å². The highest BCUT2D eigenvalue weighted by atomic mass is 127. The molecule has 0 unspecified atom stereocenters. The van der Waals surface area contributed by atoms with Gasteiger partial charge in [-0.3, -0.25) is 0 Å². The molecule has 0 radical (unpaired) electrons. The Balaban J connectivity index is 2.44. The second-order valence-corrected chi connectivity index (χ2v) is 5.06. The number of nitrogens with zero attached hydrogens (tertiary/aromatic N) is 1. The number of hydrogen-bond donors (Lipinski definition) is 1. The number of hydrogen-bond acceptors (Lipinski definition) is 5. The van der Waals surface area contributed by atoms with Gasteiger partial charge in [-0.05, 0) is 60.2 Å². The van der Waals surface area contributed by atoms with Crippen molar-refractivity contribution >= 4 is 40.3 Å². The number of phenolic OH excluding ortho intramolecular Hbond substituents is 1. The molecule has 0 saturated carbocycles. The number of phenols is 1. The molecule has 1 aromatic rings. The van der Waals surface area contributed by atoms with Crippen molar-refractivity contribution in [3.8, 4) is 11.5 Å². The highest BCUT2D eigenvalue weighted by molar-refractivity contribution is 14.1. The zero-order chi connectivity index (χ0) is 14.0. The van der Waals surface area contributed by atoms with Crippen LogP contribution in [0, 0.1) is 3.57 Å². The molecule has 1 aliphatic rings. The lowest BCUT2D eigenvalue weighted by molar-refractivity contribution is -0.136. The van der Waals surface area contributed by atoms with E-state index in [1.807, 2.05) is 29.5 Å². The van der Waals surface area contributed by atoms with Gasteiger partial charge in [0, 0.05) is 0 Å². The Bertz CT molecular complexity index is 593. The number of carbonyl (C=O) groups excluding carboxylic acids is 1. The van der Waals surface area contributed by atoms with E-state index in [1.54, 1.807) is 25.1 Å². The summed E-state index contributed by atoms with van der Waals surface area (Å²) >= 11 is 2.01. The Morgan fingerprint density at radius 3 is 2.84 bits per heavy atom. The molecule has 1 aliphatic heterocycles. The Kier molecular flexibility index (Phi) is 4.08. The van der Waals surface area contributed by atoms with Gasteiger partial charge in [-0.15, -0.1) is 0 Å². The lowest BCUT2D eigenvalue weighted by Crippen LogP contribution is -2.02. The zero-order valence-electron chi connectivity index (χ0n) is 10.4. The minimum absolute atomic E-state index is 0.101. The molecular formula is C13H12INO4. The first-order valence-corrected chi connectivity index (χ1v) is 6.74. The third-order valence-electron chi connectivity index (χ3n) is 2.54. The topological polar surface area (TPSA) is 68.1 Å². The van der Waals surface area contributed by atoms with E-state index in [0.29, 0.717) is 27.2 Å². The molecule has 0 spiro atoms. The van der Waals surface area contributed by atoms with E-state index in [2.05, 4.69) is 9.99 Å². The van der Waals surface area contributed by atoms with Crippen molar-refractivity contribution in [3.63, 3.8) is 0 Å². The summed E-state index contributed by atoms with van der Waals surface area (Å²) in [5, 5.41) is 13.5. The number of aromatic hydroxyl groups is 1. The van der Waals surface area contributed by atoms with Crippen molar-refractivity contribution in [1.82, 2.24) is 0 Å². The van der Waals surface area contributed by atoms with Gasteiger partial charge in [0.25, 0.3) is 0 Å². The number of carbonyl (C=O) groups is 1. The van der Waals surface area contributed by atoms with Crippen molar-refractivity contribution in [3.05, 3.63) is 26.8 Å². The molecule has 19 heavy (non-hydrogen) atoms. The van der Waals surface area contributed by atoms with Crippen LogP contribution < -0.4 is 4.74 Å². The Morgan fingerprint density at radius 2 is 2.26 bits per heavy atom. The molecule has 0 saturated heterocycles. The van der Waals surface area contributed by atoms with Crippen LogP contribution in [-0.4, -0.2) is 23.4 Å². The summed E-state index contributed by atoms with van der Waals surface area (Å²) < 4.78 is 6.00. The lowest BCUT2D eigenvalue weighted by Gasteiger charge is -2.08. The number of benzene rings is 1. The normalized spacial score (nSPS) is 16.5. The van der Waals surface area contributed by atoms with Gasteiger partial charge in [-0.2, -0.15) is 0 Å². The second-order valence-electron chi connectivity index (χ2n) is 3.90. The minimum Gasteiger partial charge on any atom is -0.504 e. The summed E-state index contributed by atoms with van der Waals surface area (Å²) in [6.07, 6.45) is 1.66. The van der Waals surface area contributed by atoms with Crippen LogP contribution in [0.25, 0.3) is 6.08 Å². The molecule has 0 bridgehead atoms. The van der Waals surface area contributed by atoms with Crippen molar-refractivity contribution in [2.45, 2.75) is 13.8 Å². The third-order valence-corrected chi connectivity index (χ3v) is 3.36. The molecule has 100 valence electrons. The average Bonchev–Trinajstić information content (AvgIpc) is 2.67. The highest BCUT2D eigenvalue weighted by Gasteiger charge is 2.22. The van der Waals surface area contributed by atoms with Crippen molar-refractivity contribution < 1.29 is 19.5 Å². The van der Waals surface area contributed by atoms with Crippen LogP contribution in [0.2, 0.25) is 0 Å². The molecule has 0 aromatic heterocycles. The van der Waals surface area contributed by atoms with Gasteiger partial charge in [0.2, 0.25) is 0 Å². The highest BCUT2D eigenvalue weighted by Crippen LogP contribution is 2.33. The molecule has 1 N–H and O–H groups in total. The van der Waals surface area contributed by atoms with E-state index in [0.717, 1.165) is 5.56 Å². The fourth-order valence-corrected chi connectivity index (χ4v) is 2.25. The number of oxime groups is 1. The first kappa shape index (κ1) is 13.9. The molecule has 6 heteroatoms. The third kappa shape index (κ3) is 2.89. The zero-order valence-corrected chi connectivity index (χ0v) is 12.6. The molecule has 0 aliphatic carbocycles. The summed E-state index contributed by atoms with van der Waals surface area (Å²) in [4.78, 5) is 16.0. The molecule has 5 nitrogen and oxygen atoms in total. The summed E-state index contributed by atoms with van der Waals surface area (Å²) in [5.74, 6) is 0.0183. The first-order chi connectivity index (χ1) is 9.02. The van der Waals surface area contributed by atoms with Crippen LogP contribution in [0.15, 0.2) is 22.9 Å². The molecule has 0 amide bonds. The van der Waals surface area contributed by atoms with E-state index in [9.17, 15) is 9.90 Å². The van der Waals surface area contributed by atoms with Gasteiger partial charge in [-0.25, -0.2) is 4.79 Å². The van der Waals surface area contributed by atoms with Crippen molar-refractivity contribution in [2.24, 2.45) is 5.16 Å². The van der Waals surface area contributed by atoms with Crippen LogP contribution in [0.3, 0.4) is 0 Å².